The molecule has 0 radical (unpaired) electrons. The molecule has 0 aromatic heterocycles. The first-order valence-electron chi connectivity index (χ1n) is 7.45. The maximum atomic E-state index is 13.7. The van der Waals surface area contributed by atoms with E-state index in [9.17, 15) is 9.36 Å². The second-order valence-corrected chi connectivity index (χ2v) is 8.68. The van der Waals surface area contributed by atoms with E-state index in [1.54, 1.807) is 12.1 Å². The van der Waals surface area contributed by atoms with Gasteiger partial charge in [0.25, 0.3) is 0 Å². The van der Waals surface area contributed by atoms with Crippen molar-refractivity contribution in [3.8, 4) is 0 Å². The average Bonchev–Trinajstić information content (AvgIpc) is 2.68. The van der Waals surface area contributed by atoms with Gasteiger partial charge in [0.15, 0.2) is 0 Å². The van der Waals surface area contributed by atoms with Crippen LogP contribution in [0.4, 0.5) is 0 Å². The molecule has 0 amide bonds. The van der Waals surface area contributed by atoms with E-state index in [0.717, 1.165) is 11.9 Å². The van der Waals surface area contributed by atoms with E-state index in [-0.39, 0.29) is 5.12 Å². The third-order valence-electron chi connectivity index (χ3n) is 3.52. The SMILES string of the molecule is O=P(NSC(=[18O])c1ccccc1)(c1ccccc1)c1ccccc1. The molecule has 120 valence electrons. The van der Waals surface area contributed by atoms with Crippen molar-refractivity contribution >= 4 is 35.0 Å². The molecule has 0 bridgehead atoms. The molecule has 0 fully saturated rings. The highest BCUT2D eigenvalue weighted by atomic mass is 32.2. The first kappa shape index (κ1) is 16.7. The molecular weight excluding hydrogens is 339 g/mol. The zero-order chi connectivity index (χ0) is 16.8. The van der Waals surface area contributed by atoms with E-state index in [1.807, 2.05) is 78.9 Å². The summed E-state index contributed by atoms with van der Waals surface area (Å²) in [6.45, 7) is 0. The summed E-state index contributed by atoms with van der Waals surface area (Å²) in [5.74, 6) is 0. The molecule has 0 atom stereocenters. The van der Waals surface area contributed by atoms with Crippen LogP contribution in [-0.4, -0.2) is 5.12 Å². The first-order chi connectivity index (χ1) is 11.7. The molecule has 0 aliphatic rings. The zero-order valence-corrected chi connectivity index (χ0v) is 14.5. The highest BCUT2D eigenvalue weighted by Gasteiger charge is 2.28. The lowest BCUT2D eigenvalue weighted by Gasteiger charge is -2.19. The fourth-order valence-electron chi connectivity index (χ4n) is 2.27. The van der Waals surface area contributed by atoms with E-state index >= 15 is 0 Å². The fourth-order valence-corrected chi connectivity index (χ4v) is 5.69. The van der Waals surface area contributed by atoms with Gasteiger partial charge in [0.2, 0.25) is 12.4 Å². The Morgan fingerprint density at radius 3 is 1.62 bits per heavy atom. The standard InChI is InChI=1S/C19H16NO2PS/c21-19(16-10-4-1-5-11-16)24-20-23(22,17-12-6-2-7-13-17)18-14-8-3-9-15-18/h1-15H,(H,20,22)/i21+2. The van der Waals surface area contributed by atoms with Gasteiger partial charge in [-0.05, 0) is 24.3 Å². The van der Waals surface area contributed by atoms with Gasteiger partial charge in [0.05, 0.1) is 0 Å². The van der Waals surface area contributed by atoms with Crippen molar-refractivity contribution in [1.82, 2.24) is 4.49 Å². The Labute approximate surface area is 145 Å². The Kier molecular flexibility index (Phi) is 5.31. The van der Waals surface area contributed by atoms with Crippen LogP contribution in [0.5, 0.6) is 0 Å². The van der Waals surface area contributed by atoms with Crippen LogP contribution in [0.3, 0.4) is 0 Å². The number of rotatable bonds is 5. The molecule has 0 unspecified atom stereocenters. The number of carbonyl (C=O) groups excluding carboxylic acids is 1. The Morgan fingerprint density at radius 2 is 1.17 bits per heavy atom. The van der Waals surface area contributed by atoms with Crippen LogP contribution in [-0.2, 0) is 4.57 Å². The van der Waals surface area contributed by atoms with E-state index in [4.69, 9.17) is 0 Å². The summed E-state index contributed by atoms with van der Waals surface area (Å²) < 4.78 is 16.6. The summed E-state index contributed by atoms with van der Waals surface area (Å²) in [6, 6.07) is 27.3. The number of hydrogen-bond donors (Lipinski definition) is 1. The lowest BCUT2D eigenvalue weighted by Crippen LogP contribution is -2.24. The van der Waals surface area contributed by atoms with Crippen molar-refractivity contribution in [1.29, 1.82) is 0 Å². The van der Waals surface area contributed by atoms with Crippen molar-refractivity contribution in [3.05, 3.63) is 96.6 Å². The van der Waals surface area contributed by atoms with Crippen LogP contribution in [0.1, 0.15) is 10.4 Å². The van der Waals surface area contributed by atoms with Crippen molar-refractivity contribution in [2.45, 2.75) is 0 Å². The number of carbonyl (C=O) groups is 1. The zero-order valence-electron chi connectivity index (χ0n) is 12.8. The smallest absolute Gasteiger partial charge is 0.234 e. The van der Waals surface area contributed by atoms with Gasteiger partial charge in [-0.1, -0.05) is 66.7 Å². The third kappa shape index (κ3) is 3.68. The monoisotopic (exact) mass is 355 g/mol. The van der Waals surface area contributed by atoms with Gasteiger partial charge in [0, 0.05) is 28.1 Å². The number of hydrogen-bond acceptors (Lipinski definition) is 3. The molecule has 0 spiro atoms. The normalized spacial score (nSPS) is 11.2. The quantitative estimate of drug-likeness (QED) is 0.427. The Bertz CT molecular complexity index is 811. The van der Waals surface area contributed by atoms with Gasteiger partial charge >= 0.3 is 0 Å². The van der Waals surface area contributed by atoms with Crippen molar-refractivity contribution in [2.75, 3.05) is 0 Å². The Hall–Kier alpha value is -2.13. The summed E-state index contributed by atoms with van der Waals surface area (Å²) in [4.78, 5) is 12.3. The minimum absolute atomic E-state index is 0.164. The van der Waals surface area contributed by atoms with Gasteiger partial charge < -0.3 is 0 Å². The molecule has 5 heteroatoms. The van der Waals surface area contributed by atoms with Gasteiger partial charge in [-0.2, -0.15) is 4.49 Å². The van der Waals surface area contributed by atoms with Gasteiger partial charge in [0.1, 0.15) is 0 Å². The number of benzene rings is 3. The summed E-state index contributed by atoms with van der Waals surface area (Å²) in [7, 11) is -3.11. The van der Waals surface area contributed by atoms with Crippen LogP contribution in [0.15, 0.2) is 91.0 Å². The Balaban J connectivity index is 1.89. The molecule has 0 heterocycles. The van der Waals surface area contributed by atoms with Crippen LogP contribution >= 0.6 is 19.2 Å². The molecule has 0 saturated heterocycles. The van der Waals surface area contributed by atoms with E-state index < -0.39 is 7.29 Å². The summed E-state index contributed by atoms with van der Waals surface area (Å²) in [5.41, 5.74) is 0.572. The average molecular weight is 355 g/mol. The molecule has 0 saturated carbocycles. The van der Waals surface area contributed by atoms with Crippen molar-refractivity contribution in [2.24, 2.45) is 0 Å². The van der Waals surface area contributed by atoms with E-state index in [0.29, 0.717) is 16.2 Å². The van der Waals surface area contributed by atoms with Gasteiger partial charge in [-0.25, -0.2) is 0 Å². The molecule has 0 aliphatic carbocycles. The van der Waals surface area contributed by atoms with Crippen molar-refractivity contribution < 1.29 is 9.36 Å². The minimum atomic E-state index is -3.11. The van der Waals surface area contributed by atoms with Crippen molar-refractivity contribution in [3.63, 3.8) is 0 Å². The highest BCUT2D eigenvalue weighted by molar-refractivity contribution is 8.17. The fraction of sp³-hybridized carbons (Fsp3) is 0. The molecule has 1 N–H and O–H groups in total. The second-order valence-electron chi connectivity index (χ2n) is 5.13. The summed E-state index contributed by atoms with van der Waals surface area (Å²) in [6.07, 6.45) is 0. The molecular formula is C19H16NO2PS. The largest absolute Gasteiger partial charge is 0.296 e. The number of nitrogens with one attached hydrogen (secondary N) is 1. The van der Waals surface area contributed by atoms with E-state index in [2.05, 4.69) is 4.49 Å². The molecule has 0 aliphatic heterocycles. The first-order valence-corrected chi connectivity index (χ1v) is 9.97. The van der Waals surface area contributed by atoms with Crippen LogP contribution in [0, 0.1) is 0 Å². The molecule has 3 aromatic carbocycles. The lowest BCUT2D eigenvalue weighted by atomic mass is 10.2. The predicted molar refractivity (Wildman–Crippen MR) is 101 cm³/mol. The topological polar surface area (TPSA) is 46.2 Å². The second kappa shape index (κ2) is 7.63. The minimum Gasteiger partial charge on any atom is -0.296 e. The molecule has 3 rings (SSSR count). The molecule has 3 aromatic rings. The molecule has 24 heavy (non-hydrogen) atoms. The molecule has 3 nitrogen and oxygen atoms in total. The Morgan fingerprint density at radius 1 is 0.750 bits per heavy atom. The van der Waals surface area contributed by atoms with E-state index in [1.165, 1.54) is 0 Å². The highest BCUT2D eigenvalue weighted by Crippen LogP contribution is 2.41. The van der Waals surface area contributed by atoms with Crippen LogP contribution in [0.2, 0.25) is 0 Å². The maximum absolute atomic E-state index is 13.7. The predicted octanol–water partition coefficient (Wildman–Crippen LogP) is 3.99. The van der Waals surface area contributed by atoms with Crippen LogP contribution in [0.25, 0.3) is 0 Å². The third-order valence-corrected chi connectivity index (χ3v) is 7.38. The van der Waals surface area contributed by atoms with Crippen LogP contribution < -0.4 is 15.1 Å². The van der Waals surface area contributed by atoms with Gasteiger partial charge in [-0.3, -0.25) is 9.36 Å². The maximum Gasteiger partial charge on any atom is 0.234 e. The summed E-state index contributed by atoms with van der Waals surface area (Å²) in [5, 5.41) is 1.18. The van der Waals surface area contributed by atoms with Gasteiger partial charge in [-0.15, -0.1) is 0 Å². The summed E-state index contributed by atoms with van der Waals surface area (Å²) >= 11 is 0.874. The lowest BCUT2D eigenvalue weighted by molar-refractivity contribution is 0.108.